The molecule has 1 heterocycles. The van der Waals surface area contributed by atoms with Crippen molar-refractivity contribution < 1.29 is 0 Å². The number of imidazole rings is 1. The number of rotatable bonds is 7. The first kappa shape index (κ1) is 13.7. The van der Waals surface area contributed by atoms with Crippen LogP contribution in [0, 0.1) is 11.3 Å². The zero-order chi connectivity index (χ0) is 12.7. The van der Waals surface area contributed by atoms with Crippen LogP contribution in [-0.4, -0.2) is 21.6 Å². The van der Waals surface area contributed by atoms with E-state index in [0.717, 1.165) is 38.2 Å². The monoisotopic (exact) mass is 234 g/mol. The summed E-state index contributed by atoms with van der Waals surface area (Å²) in [5, 5.41) is 12.5. The first-order chi connectivity index (χ1) is 8.15. The van der Waals surface area contributed by atoms with E-state index in [1.165, 1.54) is 0 Å². The minimum absolute atomic E-state index is 0.439. The first-order valence-corrected chi connectivity index (χ1v) is 6.31. The zero-order valence-corrected chi connectivity index (χ0v) is 11.0. The lowest BCUT2D eigenvalue weighted by Gasteiger charge is -2.23. The fourth-order valence-corrected chi connectivity index (χ4v) is 1.79. The van der Waals surface area contributed by atoms with Gasteiger partial charge in [-0.3, -0.25) is 5.32 Å². The van der Waals surface area contributed by atoms with Crippen molar-refractivity contribution in [2.45, 2.75) is 52.1 Å². The lowest BCUT2D eigenvalue weighted by molar-refractivity contribution is 0.390. The summed E-state index contributed by atoms with van der Waals surface area (Å²) in [6, 6.07) is 2.37. The Hall–Kier alpha value is -1.34. The Morgan fingerprint density at radius 1 is 1.53 bits per heavy atom. The normalized spacial score (nSPS) is 14.2. The number of nitrogens with zero attached hydrogens (tertiary/aromatic N) is 3. The Balaban J connectivity index is 2.56. The molecule has 0 aliphatic carbocycles. The van der Waals surface area contributed by atoms with Gasteiger partial charge in [0.25, 0.3) is 0 Å². The molecule has 0 bridgehead atoms. The highest BCUT2D eigenvalue weighted by atomic mass is 15.1. The first-order valence-electron chi connectivity index (χ1n) is 6.31. The summed E-state index contributed by atoms with van der Waals surface area (Å²) in [4.78, 5) is 4.28. The van der Waals surface area contributed by atoms with Crippen molar-refractivity contribution in [3.8, 4) is 6.07 Å². The second-order valence-electron chi connectivity index (χ2n) is 4.51. The van der Waals surface area contributed by atoms with Gasteiger partial charge in [-0.25, -0.2) is 4.98 Å². The summed E-state index contributed by atoms with van der Waals surface area (Å²) in [6.07, 6.45) is 6.58. The number of aryl methyl sites for hydroxylation is 2. The van der Waals surface area contributed by atoms with E-state index in [0.29, 0.717) is 0 Å². The van der Waals surface area contributed by atoms with Gasteiger partial charge in [-0.2, -0.15) is 5.26 Å². The minimum atomic E-state index is -0.439. The van der Waals surface area contributed by atoms with Gasteiger partial charge in [-0.05, 0) is 26.3 Å². The maximum atomic E-state index is 9.23. The second-order valence-corrected chi connectivity index (χ2v) is 4.51. The molecule has 0 fully saturated rings. The van der Waals surface area contributed by atoms with Crippen LogP contribution in [0.1, 0.15) is 39.4 Å². The molecule has 4 heteroatoms. The third kappa shape index (κ3) is 3.86. The molecule has 94 valence electrons. The summed E-state index contributed by atoms with van der Waals surface area (Å²) in [6.45, 7) is 7.89. The average molecular weight is 234 g/mol. The van der Waals surface area contributed by atoms with Crippen LogP contribution in [0.25, 0.3) is 0 Å². The van der Waals surface area contributed by atoms with Gasteiger partial charge in [0.15, 0.2) is 0 Å². The number of hydrogen-bond acceptors (Lipinski definition) is 3. The van der Waals surface area contributed by atoms with E-state index < -0.39 is 5.54 Å². The molecule has 0 aliphatic heterocycles. The van der Waals surface area contributed by atoms with Crippen LogP contribution >= 0.6 is 0 Å². The average Bonchev–Trinajstić information content (AvgIpc) is 2.81. The Bertz CT molecular complexity index is 377. The van der Waals surface area contributed by atoms with E-state index in [2.05, 4.69) is 34.8 Å². The highest BCUT2D eigenvalue weighted by Gasteiger charge is 2.22. The van der Waals surface area contributed by atoms with Crippen LogP contribution in [0.2, 0.25) is 0 Å². The SMILES string of the molecule is CCCNC(C)(C#N)CCn1ccnc1CC. The number of aromatic nitrogens is 2. The summed E-state index contributed by atoms with van der Waals surface area (Å²) >= 11 is 0. The van der Waals surface area contributed by atoms with Crippen LogP contribution in [0.5, 0.6) is 0 Å². The maximum Gasteiger partial charge on any atom is 0.108 e. The van der Waals surface area contributed by atoms with E-state index >= 15 is 0 Å². The van der Waals surface area contributed by atoms with E-state index in [1.54, 1.807) is 0 Å². The van der Waals surface area contributed by atoms with Gasteiger partial charge in [-0.15, -0.1) is 0 Å². The zero-order valence-electron chi connectivity index (χ0n) is 11.0. The molecule has 17 heavy (non-hydrogen) atoms. The van der Waals surface area contributed by atoms with Crippen LogP contribution in [0.15, 0.2) is 12.4 Å². The standard InChI is InChI=1S/C13H22N4/c1-4-7-16-13(3,11-14)6-9-17-10-8-15-12(17)5-2/h8,10,16H,4-7,9H2,1-3H3. The summed E-state index contributed by atoms with van der Waals surface area (Å²) in [5.74, 6) is 1.08. The van der Waals surface area contributed by atoms with Crippen molar-refractivity contribution in [3.05, 3.63) is 18.2 Å². The fraction of sp³-hybridized carbons (Fsp3) is 0.692. The molecule has 0 radical (unpaired) electrons. The van der Waals surface area contributed by atoms with E-state index in [-0.39, 0.29) is 0 Å². The smallest absolute Gasteiger partial charge is 0.108 e. The van der Waals surface area contributed by atoms with Crippen LogP contribution < -0.4 is 5.32 Å². The highest BCUT2D eigenvalue weighted by molar-refractivity contribution is 5.04. The number of nitriles is 1. The van der Waals surface area contributed by atoms with Crippen molar-refractivity contribution in [1.29, 1.82) is 5.26 Å². The van der Waals surface area contributed by atoms with Gasteiger partial charge in [0, 0.05) is 25.4 Å². The maximum absolute atomic E-state index is 9.23. The fourth-order valence-electron chi connectivity index (χ4n) is 1.79. The molecule has 1 aromatic rings. The summed E-state index contributed by atoms with van der Waals surface area (Å²) in [7, 11) is 0. The third-order valence-electron chi connectivity index (χ3n) is 2.98. The molecular weight excluding hydrogens is 212 g/mol. The summed E-state index contributed by atoms with van der Waals surface area (Å²) in [5.41, 5.74) is -0.439. The van der Waals surface area contributed by atoms with E-state index in [1.807, 2.05) is 19.3 Å². The highest BCUT2D eigenvalue weighted by Crippen LogP contribution is 2.11. The van der Waals surface area contributed by atoms with Crippen LogP contribution in [0.4, 0.5) is 0 Å². The Morgan fingerprint density at radius 3 is 2.88 bits per heavy atom. The lowest BCUT2D eigenvalue weighted by Crippen LogP contribution is -2.42. The molecule has 0 aromatic carbocycles. The van der Waals surface area contributed by atoms with Gasteiger partial charge >= 0.3 is 0 Å². The second kappa shape index (κ2) is 6.41. The predicted octanol–water partition coefficient (Wildman–Crippen LogP) is 2.12. The Kier molecular flexibility index (Phi) is 5.17. The lowest BCUT2D eigenvalue weighted by atomic mass is 9.99. The molecule has 4 nitrogen and oxygen atoms in total. The van der Waals surface area contributed by atoms with Crippen LogP contribution in [0.3, 0.4) is 0 Å². The molecule has 0 saturated heterocycles. The predicted molar refractivity (Wildman–Crippen MR) is 68.5 cm³/mol. The molecule has 0 aliphatic rings. The Labute approximate surface area is 104 Å². The van der Waals surface area contributed by atoms with E-state index in [9.17, 15) is 5.26 Å². The topological polar surface area (TPSA) is 53.6 Å². The van der Waals surface area contributed by atoms with Gasteiger partial charge in [-0.1, -0.05) is 13.8 Å². The van der Waals surface area contributed by atoms with Gasteiger partial charge < -0.3 is 4.57 Å². The van der Waals surface area contributed by atoms with Gasteiger partial charge in [0.05, 0.1) is 6.07 Å². The molecule has 1 atom stereocenters. The van der Waals surface area contributed by atoms with Crippen molar-refractivity contribution >= 4 is 0 Å². The minimum Gasteiger partial charge on any atom is -0.335 e. The molecule has 0 amide bonds. The molecule has 0 spiro atoms. The van der Waals surface area contributed by atoms with Crippen LogP contribution in [-0.2, 0) is 13.0 Å². The van der Waals surface area contributed by atoms with Crippen molar-refractivity contribution in [2.24, 2.45) is 0 Å². The summed E-state index contributed by atoms with van der Waals surface area (Å²) < 4.78 is 2.13. The number of nitrogens with one attached hydrogen (secondary N) is 1. The molecule has 1 aromatic heterocycles. The molecule has 0 saturated carbocycles. The molecule has 1 rings (SSSR count). The van der Waals surface area contributed by atoms with Gasteiger partial charge in [0.2, 0.25) is 0 Å². The third-order valence-corrected chi connectivity index (χ3v) is 2.98. The number of hydrogen-bond donors (Lipinski definition) is 1. The van der Waals surface area contributed by atoms with Gasteiger partial charge in [0.1, 0.15) is 11.4 Å². The quantitative estimate of drug-likeness (QED) is 0.786. The largest absolute Gasteiger partial charge is 0.335 e. The van der Waals surface area contributed by atoms with Crippen molar-refractivity contribution in [1.82, 2.24) is 14.9 Å². The van der Waals surface area contributed by atoms with Crippen molar-refractivity contribution in [2.75, 3.05) is 6.54 Å². The van der Waals surface area contributed by atoms with E-state index in [4.69, 9.17) is 0 Å². The van der Waals surface area contributed by atoms with Crippen molar-refractivity contribution in [3.63, 3.8) is 0 Å². The molecular formula is C13H22N4. The Morgan fingerprint density at radius 2 is 2.29 bits per heavy atom. The molecule has 1 unspecified atom stereocenters. The molecule has 1 N–H and O–H groups in total.